The molecule has 0 radical (unpaired) electrons. The predicted molar refractivity (Wildman–Crippen MR) is 28.8 cm³/mol. The van der Waals surface area contributed by atoms with Crippen LogP contribution in [-0.4, -0.2) is 18.0 Å². The van der Waals surface area contributed by atoms with Crippen LogP contribution in [0, 0.1) is 5.92 Å². The molecule has 0 aromatic carbocycles. The van der Waals surface area contributed by atoms with E-state index >= 15 is 0 Å². The second kappa shape index (κ2) is 1.97. The SMILES string of the molecule is CC1=NOC(=O)C1C=O. The van der Waals surface area contributed by atoms with Crippen molar-refractivity contribution in [2.75, 3.05) is 0 Å². The lowest BCUT2D eigenvalue weighted by Gasteiger charge is -1.89. The first-order valence-corrected chi connectivity index (χ1v) is 2.46. The number of oxime groups is 1. The quantitative estimate of drug-likeness (QED) is 0.277. The molecule has 1 aliphatic heterocycles. The third-order valence-electron chi connectivity index (χ3n) is 1.12. The lowest BCUT2D eigenvalue weighted by molar-refractivity contribution is -0.144. The molecule has 0 aromatic rings. The first kappa shape index (κ1) is 5.94. The number of rotatable bonds is 1. The number of hydrogen-bond donors (Lipinski definition) is 0. The van der Waals surface area contributed by atoms with Gasteiger partial charge in [-0.1, -0.05) is 5.16 Å². The summed E-state index contributed by atoms with van der Waals surface area (Å²) in [5.74, 6) is -1.34. The molecule has 4 nitrogen and oxygen atoms in total. The molecule has 4 heteroatoms. The van der Waals surface area contributed by atoms with Crippen LogP contribution in [0.1, 0.15) is 6.92 Å². The van der Waals surface area contributed by atoms with Gasteiger partial charge in [-0.2, -0.15) is 0 Å². The highest BCUT2D eigenvalue weighted by Crippen LogP contribution is 2.07. The molecule has 0 fully saturated rings. The molecule has 1 unspecified atom stereocenters. The van der Waals surface area contributed by atoms with Crippen molar-refractivity contribution < 1.29 is 14.4 Å². The molecule has 1 atom stereocenters. The van der Waals surface area contributed by atoms with Crippen LogP contribution >= 0.6 is 0 Å². The Bertz CT molecular complexity index is 185. The molecule has 9 heavy (non-hydrogen) atoms. The second-order valence-electron chi connectivity index (χ2n) is 1.76. The van der Waals surface area contributed by atoms with E-state index in [0.717, 1.165) is 0 Å². The molecule has 0 saturated heterocycles. The fourth-order valence-corrected chi connectivity index (χ4v) is 0.555. The van der Waals surface area contributed by atoms with Crippen LogP contribution in [0.2, 0.25) is 0 Å². The maximum Gasteiger partial charge on any atom is 0.350 e. The van der Waals surface area contributed by atoms with E-state index in [1.54, 1.807) is 6.92 Å². The molecule has 1 heterocycles. The van der Waals surface area contributed by atoms with Gasteiger partial charge in [-0.3, -0.25) is 0 Å². The summed E-state index contributed by atoms with van der Waals surface area (Å²) in [6.45, 7) is 1.57. The van der Waals surface area contributed by atoms with Gasteiger partial charge in [0.25, 0.3) is 0 Å². The molecule has 0 spiro atoms. The van der Waals surface area contributed by atoms with Crippen molar-refractivity contribution in [2.24, 2.45) is 11.1 Å². The summed E-state index contributed by atoms with van der Waals surface area (Å²) in [4.78, 5) is 24.7. The Labute approximate surface area is 51.5 Å². The number of nitrogens with zero attached hydrogens (tertiary/aromatic N) is 1. The zero-order chi connectivity index (χ0) is 6.85. The lowest BCUT2D eigenvalue weighted by Crippen LogP contribution is -2.16. The van der Waals surface area contributed by atoms with E-state index in [1.807, 2.05) is 0 Å². The molecule has 1 rings (SSSR count). The molecule has 0 saturated carbocycles. The average molecular weight is 127 g/mol. The van der Waals surface area contributed by atoms with Gasteiger partial charge in [0.1, 0.15) is 6.29 Å². The summed E-state index contributed by atoms with van der Waals surface area (Å²) in [5, 5.41) is 3.31. The van der Waals surface area contributed by atoms with Crippen LogP contribution in [0.3, 0.4) is 0 Å². The molecule has 0 aliphatic carbocycles. The summed E-state index contributed by atoms with van der Waals surface area (Å²) in [7, 11) is 0. The molecule has 0 amide bonds. The Hall–Kier alpha value is -1.19. The Morgan fingerprint density at radius 2 is 2.44 bits per heavy atom. The van der Waals surface area contributed by atoms with Gasteiger partial charge in [0.2, 0.25) is 0 Å². The van der Waals surface area contributed by atoms with E-state index in [2.05, 4.69) is 9.99 Å². The first-order chi connectivity index (χ1) is 4.25. The third kappa shape index (κ3) is 0.826. The predicted octanol–water partition coefficient (Wildman–Crippen LogP) is -0.266. The van der Waals surface area contributed by atoms with Gasteiger partial charge in [-0.15, -0.1) is 0 Å². The van der Waals surface area contributed by atoms with Crippen molar-refractivity contribution in [1.82, 2.24) is 0 Å². The maximum atomic E-state index is 10.4. The van der Waals surface area contributed by atoms with E-state index < -0.39 is 11.9 Å². The number of carbonyl (C=O) groups excluding carboxylic acids is 2. The van der Waals surface area contributed by atoms with Crippen LogP contribution in [0.5, 0.6) is 0 Å². The van der Waals surface area contributed by atoms with Crippen molar-refractivity contribution in [3.8, 4) is 0 Å². The van der Waals surface area contributed by atoms with E-state index in [1.165, 1.54) is 0 Å². The highest BCUT2D eigenvalue weighted by atomic mass is 16.7. The summed E-state index contributed by atoms with van der Waals surface area (Å²) < 4.78 is 0. The van der Waals surface area contributed by atoms with Crippen molar-refractivity contribution in [1.29, 1.82) is 0 Å². The largest absolute Gasteiger partial charge is 0.350 e. The van der Waals surface area contributed by atoms with E-state index in [9.17, 15) is 9.59 Å². The fraction of sp³-hybridized carbons (Fsp3) is 0.400. The van der Waals surface area contributed by atoms with Crippen molar-refractivity contribution in [3.05, 3.63) is 0 Å². The van der Waals surface area contributed by atoms with Crippen LogP contribution < -0.4 is 0 Å². The van der Waals surface area contributed by atoms with Crippen LogP contribution in [0.25, 0.3) is 0 Å². The van der Waals surface area contributed by atoms with Crippen molar-refractivity contribution in [3.63, 3.8) is 0 Å². The second-order valence-corrected chi connectivity index (χ2v) is 1.76. The zero-order valence-electron chi connectivity index (χ0n) is 4.83. The summed E-state index contributed by atoms with van der Waals surface area (Å²) in [6, 6.07) is 0. The Morgan fingerprint density at radius 3 is 2.67 bits per heavy atom. The molecule has 48 valence electrons. The third-order valence-corrected chi connectivity index (χ3v) is 1.12. The van der Waals surface area contributed by atoms with Crippen LogP contribution in [0.15, 0.2) is 5.16 Å². The fourth-order valence-electron chi connectivity index (χ4n) is 0.555. The minimum Gasteiger partial charge on any atom is -0.317 e. The summed E-state index contributed by atoms with van der Waals surface area (Å²) in [6.07, 6.45) is 0.522. The highest BCUT2D eigenvalue weighted by molar-refractivity contribution is 6.14. The average Bonchev–Trinajstić information content (AvgIpc) is 2.12. The van der Waals surface area contributed by atoms with Gasteiger partial charge in [-0.25, -0.2) is 4.79 Å². The van der Waals surface area contributed by atoms with Crippen molar-refractivity contribution >= 4 is 18.0 Å². The molecule has 0 bridgehead atoms. The van der Waals surface area contributed by atoms with Crippen LogP contribution in [-0.2, 0) is 14.4 Å². The standard InChI is InChI=1S/C5H5NO3/c1-3-4(2-7)5(8)9-6-3/h2,4H,1H3. The van der Waals surface area contributed by atoms with Gasteiger partial charge in [0.05, 0.1) is 5.71 Å². The Morgan fingerprint density at radius 1 is 1.78 bits per heavy atom. The molecule has 1 aliphatic rings. The van der Waals surface area contributed by atoms with Gasteiger partial charge in [0.15, 0.2) is 5.92 Å². The summed E-state index contributed by atoms with van der Waals surface area (Å²) >= 11 is 0. The molecule has 0 aromatic heterocycles. The monoisotopic (exact) mass is 127 g/mol. The van der Waals surface area contributed by atoms with Gasteiger partial charge < -0.3 is 9.63 Å². The van der Waals surface area contributed by atoms with Gasteiger partial charge in [-0.05, 0) is 6.92 Å². The normalized spacial score (nSPS) is 25.2. The smallest absolute Gasteiger partial charge is 0.317 e. The zero-order valence-corrected chi connectivity index (χ0v) is 4.83. The topological polar surface area (TPSA) is 55.7 Å². The minimum atomic E-state index is -0.759. The van der Waals surface area contributed by atoms with Gasteiger partial charge in [0, 0.05) is 0 Å². The number of aldehydes is 1. The maximum absolute atomic E-state index is 10.4. The summed E-state index contributed by atoms with van der Waals surface area (Å²) in [5.41, 5.74) is 0.426. The van der Waals surface area contributed by atoms with Crippen LogP contribution in [0.4, 0.5) is 0 Å². The van der Waals surface area contributed by atoms with E-state index in [4.69, 9.17) is 0 Å². The van der Waals surface area contributed by atoms with E-state index in [-0.39, 0.29) is 0 Å². The lowest BCUT2D eigenvalue weighted by atomic mass is 10.1. The Kier molecular flexibility index (Phi) is 1.30. The molecular formula is C5H5NO3. The van der Waals surface area contributed by atoms with Crippen molar-refractivity contribution in [2.45, 2.75) is 6.92 Å². The van der Waals surface area contributed by atoms with E-state index in [0.29, 0.717) is 12.0 Å². The number of carbonyl (C=O) groups is 2. The van der Waals surface area contributed by atoms with Gasteiger partial charge >= 0.3 is 5.97 Å². The number of hydrogen-bond acceptors (Lipinski definition) is 4. The molecular weight excluding hydrogens is 122 g/mol. The minimum absolute atomic E-state index is 0.426. The Balaban J connectivity index is 2.79. The first-order valence-electron chi connectivity index (χ1n) is 2.46. The molecule has 0 N–H and O–H groups in total. The highest BCUT2D eigenvalue weighted by Gasteiger charge is 2.28.